The highest BCUT2D eigenvalue weighted by molar-refractivity contribution is 5.94. The lowest BCUT2D eigenvalue weighted by Crippen LogP contribution is -2.38. The van der Waals surface area contributed by atoms with Gasteiger partial charge in [-0.2, -0.15) is 0 Å². The molecule has 1 aromatic carbocycles. The first-order valence-corrected chi connectivity index (χ1v) is 7.15. The van der Waals surface area contributed by atoms with E-state index in [1.807, 2.05) is 45.3 Å². The van der Waals surface area contributed by atoms with Crippen LogP contribution in [0.2, 0.25) is 0 Å². The van der Waals surface area contributed by atoms with Gasteiger partial charge in [0.1, 0.15) is 0 Å². The van der Waals surface area contributed by atoms with Crippen LogP contribution in [0.3, 0.4) is 0 Å². The minimum Gasteiger partial charge on any atom is -0.334 e. The first-order valence-electron chi connectivity index (χ1n) is 7.15. The van der Waals surface area contributed by atoms with Gasteiger partial charge in [-0.3, -0.25) is 9.59 Å². The Kier molecular flexibility index (Phi) is 6.88. The van der Waals surface area contributed by atoms with Crippen molar-refractivity contribution < 1.29 is 9.59 Å². The summed E-state index contributed by atoms with van der Waals surface area (Å²) in [5.41, 5.74) is 1.89. The van der Waals surface area contributed by atoms with Crippen LogP contribution in [0.25, 0.3) is 0 Å². The van der Waals surface area contributed by atoms with E-state index in [4.69, 9.17) is 0 Å². The van der Waals surface area contributed by atoms with Gasteiger partial charge >= 0.3 is 0 Å². The third-order valence-corrected chi connectivity index (χ3v) is 3.15. The maximum atomic E-state index is 12.0. The van der Waals surface area contributed by atoms with Gasteiger partial charge in [-0.1, -0.05) is 17.7 Å². The zero-order chi connectivity index (χ0) is 15.8. The van der Waals surface area contributed by atoms with Gasteiger partial charge in [-0.25, -0.2) is 0 Å². The lowest BCUT2D eigenvalue weighted by molar-refractivity contribution is -0.132. The van der Waals surface area contributed by atoms with Crippen molar-refractivity contribution in [3.8, 4) is 0 Å². The number of amides is 2. The molecule has 2 amide bonds. The molecule has 0 aliphatic rings. The average Bonchev–Trinajstić information content (AvgIpc) is 2.39. The number of carbonyl (C=O) groups is 2. The average molecular weight is 291 g/mol. The molecule has 1 N–H and O–H groups in total. The third-order valence-electron chi connectivity index (χ3n) is 3.15. The van der Waals surface area contributed by atoms with Crippen LogP contribution >= 0.6 is 0 Å². The number of aryl methyl sites for hydroxylation is 1. The summed E-state index contributed by atoms with van der Waals surface area (Å²) >= 11 is 0. The van der Waals surface area contributed by atoms with Crippen LogP contribution in [0.1, 0.15) is 18.9 Å². The summed E-state index contributed by atoms with van der Waals surface area (Å²) in [5, 5.41) is 2.81. The molecule has 0 bridgehead atoms. The molecular formula is C16H25N3O2. The lowest BCUT2D eigenvalue weighted by atomic mass is 10.2. The highest BCUT2D eigenvalue weighted by atomic mass is 16.2. The number of carbonyl (C=O) groups excluding carboxylic acids is 2. The number of anilines is 1. The Balaban J connectivity index is 2.48. The van der Waals surface area contributed by atoms with Crippen molar-refractivity contribution in [2.45, 2.75) is 20.3 Å². The molecule has 5 nitrogen and oxygen atoms in total. The van der Waals surface area contributed by atoms with E-state index in [1.165, 1.54) is 6.92 Å². The highest BCUT2D eigenvalue weighted by Gasteiger charge is 2.13. The van der Waals surface area contributed by atoms with Gasteiger partial charge < -0.3 is 15.1 Å². The first-order chi connectivity index (χ1) is 9.88. The first kappa shape index (κ1) is 17.2. The fraction of sp³-hybridized carbons (Fsp3) is 0.500. The molecule has 116 valence electrons. The Morgan fingerprint density at radius 1 is 1.10 bits per heavy atom. The van der Waals surface area contributed by atoms with E-state index in [0.717, 1.165) is 24.2 Å². The molecule has 21 heavy (non-hydrogen) atoms. The minimum absolute atomic E-state index is 0.0761. The Morgan fingerprint density at radius 2 is 1.71 bits per heavy atom. The maximum absolute atomic E-state index is 12.0. The molecule has 0 atom stereocenters. The van der Waals surface area contributed by atoms with Gasteiger partial charge in [0.15, 0.2) is 0 Å². The second kappa shape index (κ2) is 8.42. The van der Waals surface area contributed by atoms with E-state index >= 15 is 0 Å². The van der Waals surface area contributed by atoms with Crippen LogP contribution in [-0.4, -0.2) is 55.3 Å². The minimum atomic E-state index is -0.168. The zero-order valence-corrected chi connectivity index (χ0v) is 13.3. The molecule has 0 spiro atoms. The summed E-state index contributed by atoms with van der Waals surface area (Å²) in [4.78, 5) is 27.2. The predicted octanol–water partition coefficient (Wildman–Crippen LogP) is 1.73. The standard InChI is InChI=1S/C16H25N3O2/c1-13-6-8-15(9-7-13)17-16(21)12-19(14(2)20)11-5-10-18(3)4/h6-9H,5,10-12H2,1-4H3,(H,17,21). The third kappa shape index (κ3) is 6.90. The second-order valence-electron chi connectivity index (χ2n) is 5.51. The summed E-state index contributed by atoms with van der Waals surface area (Å²) in [6.45, 7) is 5.07. The Hall–Kier alpha value is -1.88. The van der Waals surface area contributed by atoms with E-state index in [9.17, 15) is 9.59 Å². The highest BCUT2D eigenvalue weighted by Crippen LogP contribution is 2.08. The molecule has 0 saturated heterocycles. The summed E-state index contributed by atoms with van der Waals surface area (Å²) in [6, 6.07) is 7.60. The van der Waals surface area contributed by atoms with Crippen LogP contribution in [0.5, 0.6) is 0 Å². The van der Waals surface area contributed by atoms with E-state index < -0.39 is 0 Å². The molecule has 0 saturated carbocycles. The van der Waals surface area contributed by atoms with Crippen molar-refractivity contribution in [2.75, 3.05) is 39.0 Å². The monoisotopic (exact) mass is 291 g/mol. The molecule has 0 radical (unpaired) electrons. The molecule has 1 rings (SSSR count). The molecule has 0 heterocycles. The largest absolute Gasteiger partial charge is 0.334 e. The van der Waals surface area contributed by atoms with Gasteiger partial charge in [0.2, 0.25) is 11.8 Å². The molecule has 0 fully saturated rings. The quantitative estimate of drug-likeness (QED) is 0.832. The molecule has 5 heteroatoms. The van der Waals surface area contributed by atoms with Gasteiger partial charge in [0.05, 0.1) is 6.54 Å². The van der Waals surface area contributed by atoms with Gasteiger partial charge in [0.25, 0.3) is 0 Å². The topological polar surface area (TPSA) is 52.7 Å². The summed E-state index contributed by atoms with van der Waals surface area (Å²) in [5.74, 6) is -0.244. The van der Waals surface area contributed by atoms with Crippen molar-refractivity contribution in [3.05, 3.63) is 29.8 Å². The van der Waals surface area contributed by atoms with Crippen molar-refractivity contribution in [1.29, 1.82) is 0 Å². The molecule has 0 aliphatic heterocycles. The maximum Gasteiger partial charge on any atom is 0.243 e. The van der Waals surface area contributed by atoms with Crippen LogP contribution in [-0.2, 0) is 9.59 Å². The Bertz CT molecular complexity index is 469. The van der Waals surface area contributed by atoms with Gasteiger partial charge in [-0.15, -0.1) is 0 Å². The molecular weight excluding hydrogens is 266 g/mol. The lowest BCUT2D eigenvalue weighted by Gasteiger charge is -2.21. The van der Waals surface area contributed by atoms with Crippen molar-refractivity contribution >= 4 is 17.5 Å². The number of hydrogen-bond acceptors (Lipinski definition) is 3. The fourth-order valence-electron chi connectivity index (χ4n) is 1.94. The number of nitrogens with one attached hydrogen (secondary N) is 1. The fourth-order valence-corrected chi connectivity index (χ4v) is 1.94. The van der Waals surface area contributed by atoms with E-state index in [-0.39, 0.29) is 18.4 Å². The van der Waals surface area contributed by atoms with Crippen molar-refractivity contribution in [2.24, 2.45) is 0 Å². The number of hydrogen-bond donors (Lipinski definition) is 1. The zero-order valence-electron chi connectivity index (χ0n) is 13.3. The molecule has 0 unspecified atom stereocenters. The Morgan fingerprint density at radius 3 is 2.24 bits per heavy atom. The number of rotatable bonds is 7. The van der Waals surface area contributed by atoms with Crippen LogP contribution in [0, 0.1) is 6.92 Å². The van der Waals surface area contributed by atoms with Crippen LogP contribution in [0.4, 0.5) is 5.69 Å². The van der Waals surface area contributed by atoms with Crippen molar-refractivity contribution in [3.63, 3.8) is 0 Å². The Labute approximate surface area is 126 Å². The van der Waals surface area contributed by atoms with Gasteiger partial charge in [0, 0.05) is 19.2 Å². The van der Waals surface area contributed by atoms with E-state index in [1.54, 1.807) is 4.90 Å². The number of benzene rings is 1. The van der Waals surface area contributed by atoms with Crippen LogP contribution < -0.4 is 5.32 Å². The normalized spacial score (nSPS) is 10.5. The number of nitrogens with zero attached hydrogens (tertiary/aromatic N) is 2. The van der Waals surface area contributed by atoms with E-state index in [2.05, 4.69) is 10.2 Å². The summed E-state index contributed by atoms with van der Waals surface area (Å²) in [6.07, 6.45) is 0.852. The molecule has 0 aliphatic carbocycles. The summed E-state index contributed by atoms with van der Waals surface area (Å²) in [7, 11) is 3.98. The smallest absolute Gasteiger partial charge is 0.243 e. The SMILES string of the molecule is CC(=O)N(CCCN(C)C)CC(=O)Nc1ccc(C)cc1. The van der Waals surface area contributed by atoms with Gasteiger partial charge in [-0.05, 0) is 46.1 Å². The van der Waals surface area contributed by atoms with E-state index in [0.29, 0.717) is 6.54 Å². The van der Waals surface area contributed by atoms with Crippen LogP contribution in [0.15, 0.2) is 24.3 Å². The molecule has 0 aromatic heterocycles. The summed E-state index contributed by atoms with van der Waals surface area (Å²) < 4.78 is 0. The predicted molar refractivity (Wildman–Crippen MR) is 85.2 cm³/mol. The molecule has 1 aromatic rings. The second-order valence-corrected chi connectivity index (χ2v) is 5.51. The van der Waals surface area contributed by atoms with Crippen molar-refractivity contribution in [1.82, 2.24) is 9.80 Å².